The third-order valence-corrected chi connectivity index (χ3v) is 5.31. The smallest absolute Gasteiger partial charge is 0.248 e. The molecule has 0 unspecified atom stereocenters. The lowest BCUT2D eigenvalue weighted by molar-refractivity contribution is -0.138. The Kier molecular flexibility index (Phi) is 7.39. The number of rotatable bonds is 6. The number of β-amino-alcohol motifs (C(OH)–C–C–N with tert-alkyl or cyclic N) is 1. The fraction of sp³-hybridized carbons (Fsp3) is 0.650. The number of halogens is 2. The number of ether oxygens (including phenoxy) is 3. The molecule has 9 heteroatoms. The second-order valence-electron chi connectivity index (χ2n) is 7.68. The first-order valence-corrected chi connectivity index (χ1v) is 9.78. The molecule has 7 nitrogen and oxygen atoms in total. The number of aliphatic hydroxyl groups is 1. The molecule has 2 fully saturated rings. The van der Waals surface area contributed by atoms with E-state index >= 15 is 0 Å². The van der Waals surface area contributed by atoms with Crippen molar-refractivity contribution in [2.24, 2.45) is 0 Å². The third-order valence-electron chi connectivity index (χ3n) is 5.31. The van der Waals surface area contributed by atoms with Crippen LogP contribution in [0.4, 0.5) is 8.78 Å². The van der Waals surface area contributed by atoms with E-state index in [2.05, 4.69) is 4.90 Å². The second-order valence-corrected chi connectivity index (χ2v) is 7.68. The second kappa shape index (κ2) is 9.80. The average molecular weight is 414 g/mol. The van der Waals surface area contributed by atoms with Crippen molar-refractivity contribution < 1.29 is 32.9 Å². The van der Waals surface area contributed by atoms with Gasteiger partial charge in [0.05, 0.1) is 6.54 Å². The molecular weight excluding hydrogens is 386 g/mol. The highest BCUT2D eigenvalue weighted by Gasteiger charge is 2.39. The molecule has 0 aliphatic carbocycles. The van der Waals surface area contributed by atoms with Crippen molar-refractivity contribution in [2.45, 2.75) is 24.5 Å². The zero-order valence-corrected chi connectivity index (χ0v) is 16.6. The van der Waals surface area contributed by atoms with Gasteiger partial charge in [0.15, 0.2) is 0 Å². The maximum atomic E-state index is 13.4. The van der Waals surface area contributed by atoms with Crippen LogP contribution in [0.15, 0.2) is 18.2 Å². The van der Waals surface area contributed by atoms with Gasteiger partial charge >= 0.3 is 0 Å². The van der Waals surface area contributed by atoms with E-state index in [4.69, 9.17) is 14.2 Å². The molecule has 2 aliphatic rings. The van der Waals surface area contributed by atoms with Gasteiger partial charge in [-0.3, -0.25) is 9.69 Å². The maximum absolute atomic E-state index is 13.4. The minimum Gasteiger partial charge on any atom is -0.490 e. The normalized spacial score (nSPS) is 24.3. The Morgan fingerprint density at radius 1 is 1.21 bits per heavy atom. The van der Waals surface area contributed by atoms with Crippen LogP contribution in [0.25, 0.3) is 0 Å². The highest BCUT2D eigenvalue weighted by atomic mass is 19.1. The Labute approximate surface area is 169 Å². The molecule has 1 N–H and O–H groups in total. The molecule has 2 aliphatic heterocycles. The number of nitrogens with zero attached hydrogens (tertiary/aromatic N) is 2. The van der Waals surface area contributed by atoms with E-state index in [9.17, 15) is 18.7 Å². The number of hydrogen-bond acceptors (Lipinski definition) is 6. The summed E-state index contributed by atoms with van der Waals surface area (Å²) in [5.74, 6) is -1.74. The predicted octanol–water partition coefficient (Wildman–Crippen LogP) is 1.04. The van der Waals surface area contributed by atoms with Gasteiger partial charge in [-0.2, -0.15) is 0 Å². The first kappa shape index (κ1) is 21.9. The number of carbonyl (C=O) groups excluding carboxylic acids is 1. The summed E-state index contributed by atoms with van der Waals surface area (Å²) in [6.07, 6.45) is 1.69. The summed E-state index contributed by atoms with van der Waals surface area (Å²) in [4.78, 5) is 16.1. The van der Waals surface area contributed by atoms with Crippen molar-refractivity contribution in [2.75, 3.05) is 59.7 Å². The maximum Gasteiger partial charge on any atom is 0.248 e. The molecular formula is C20H28F2N2O5. The zero-order valence-electron chi connectivity index (χ0n) is 16.6. The van der Waals surface area contributed by atoms with Gasteiger partial charge in [-0.05, 0) is 12.8 Å². The first-order valence-electron chi connectivity index (χ1n) is 9.78. The summed E-state index contributed by atoms with van der Waals surface area (Å²) in [6.45, 7) is 2.43. The number of amides is 1. The van der Waals surface area contributed by atoms with Gasteiger partial charge in [-0.25, -0.2) is 8.78 Å². The standard InChI is InChI=1S/C20H28F2N2O5/c1-27-11-19(25)24-5-4-23(17-2-6-28-7-3-17)12-20(26,13-24)14-29-18-9-15(21)8-16(22)10-18/h8-10,17,26H,2-7,11-14H2,1H3/t20-/m0/s1. The van der Waals surface area contributed by atoms with Crippen LogP contribution in [0.3, 0.4) is 0 Å². The molecule has 162 valence electrons. The highest BCUT2D eigenvalue weighted by molar-refractivity contribution is 5.77. The molecule has 3 rings (SSSR count). The summed E-state index contributed by atoms with van der Waals surface area (Å²) in [6, 6.07) is 3.12. The Bertz CT molecular complexity index is 681. The summed E-state index contributed by atoms with van der Waals surface area (Å²) < 4.78 is 42.8. The predicted molar refractivity (Wildman–Crippen MR) is 101 cm³/mol. The van der Waals surface area contributed by atoms with E-state index in [1.54, 1.807) is 4.90 Å². The van der Waals surface area contributed by atoms with Crippen LogP contribution in [0.1, 0.15) is 12.8 Å². The largest absolute Gasteiger partial charge is 0.490 e. The van der Waals surface area contributed by atoms with E-state index in [0.717, 1.165) is 31.0 Å². The lowest BCUT2D eigenvalue weighted by Crippen LogP contribution is -2.54. The van der Waals surface area contributed by atoms with Crippen molar-refractivity contribution in [3.8, 4) is 5.75 Å². The molecule has 29 heavy (non-hydrogen) atoms. The summed E-state index contributed by atoms with van der Waals surface area (Å²) in [7, 11) is 1.44. The fourth-order valence-corrected chi connectivity index (χ4v) is 3.90. The van der Waals surface area contributed by atoms with Crippen LogP contribution in [-0.2, 0) is 14.3 Å². The SMILES string of the molecule is COCC(=O)N1CCN(C2CCOCC2)C[C@@](O)(COc2cc(F)cc(F)c2)C1. The molecule has 1 aromatic rings. The van der Waals surface area contributed by atoms with E-state index in [-0.39, 0.29) is 44.0 Å². The topological polar surface area (TPSA) is 71.5 Å². The fourth-order valence-electron chi connectivity index (χ4n) is 3.90. The van der Waals surface area contributed by atoms with Crippen molar-refractivity contribution in [3.63, 3.8) is 0 Å². The lowest BCUT2D eigenvalue weighted by atomic mass is 10.0. The molecule has 2 saturated heterocycles. The van der Waals surface area contributed by atoms with Crippen LogP contribution < -0.4 is 4.74 Å². The van der Waals surface area contributed by atoms with Crippen molar-refractivity contribution >= 4 is 5.91 Å². The minimum absolute atomic E-state index is 0.00689. The summed E-state index contributed by atoms with van der Waals surface area (Å²) >= 11 is 0. The minimum atomic E-state index is -1.40. The Morgan fingerprint density at radius 2 is 1.90 bits per heavy atom. The Morgan fingerprint density at radius 3 is 2.55 bits per heavy atom. The third kappa shape index (κ3) is 6.08. The van der Waals surface area contributed by atoms with Crippen molar-refractivity contribution in [1.29, 1.82) is 0 Å². The first-order chi connectivity index (χ1) is 13.9. The monoisotopic (exact) mass is 414 g/mol. The van der Waals surface area contributed by atoms with Gasteiger partial charge in [0.1, 0.15) is 36.2 Å². The van der Waals surface area contributed by atoms with Crippen LogP contribution in [0, 0.1) is 11.6 Å². The summed E-state index contributed by atoms with van der Waals surface area (Å²) in [5.41, 5.74) is -1.40. The van der Waals surface area contributed by atoms with E-state index in [1.807, 2.05) is 0 Å². The van der Waals surface area contributed by atoms with E-state index in [0.29, 0.717) is 26.3 Å². The van der Waals surface area contributed by atoms with Gasteiger partial charge in [0.25, 0.3) is 0 Å². The Balaban J connectivity index is 1.75. The molecule has 0 aromatic heterocycles. The number of hydrogen-bond donors (Lipinski definition) is 1. The molecule has 0 bridgehead atoms. The van der Waals surface area contributed by atoms with Crippen LogP contribution >= 0.6 is 0 Å². The van der Waals surface area contributed by atoms with E-state index < -0.39 is 17.2 Å². The van der Waals surface area contributed by atoms with Gasteiger partial charge in [-0.15, -0.1) is 0 Å². The van der Waals surface area contributed by atoms with Gasteiger partial charge in [0, 0.05) is 64.2 Å². The molecule has 2 heterocycles. The van der Waals surface area contributed by atoms with Gasteiger partial charge in [-0.1, -0.05) is 0 Å². The van der Waals surface area contributed by atoms with Gasteiger partial charge < -0.3 is 24.2 Å². The van der Waals surface area contributed by atoms with Crippen molar-refractivity contribution in [1.82, 2.24) is 9.80 Å². The van der Waals surface area contributed by atoms with Crippen LogP contribution in [0.2, 0.25) is 0 Å². The Hall–Kier alpha value is -1.81. The quantitative estimate of drug-likeness (QED) is 0.750. The van der Waals surface area contributed by atoms with Crippen LogP contribution in [-0.4, -0.2) is 92.2 Å². The molecule has 0 spiro atoms. The number of carbonyl (C=O) groups is 1. The number of methoxy groups -OCH3 is 1. The van der Waals surface area contributed by atoms with Crippen LogP contribution in [0.5, 0.6) is 5.75 Å². The zero-order chi connectivity index (χ0) is 20.9. The molecule has 1 aromatic carbocycles. The average Bonchev–Trinajstić information content (AvgIpc) is 2.86. The van der Waals surface area contributed by atoms with Gasteiger partial charge in [0.2, 0.25) is 5.91 Å². The molecule has 0 radical (unpaired) electrons. The van der Waals surface area contributed by atoms with E-state index in [1.165, 1.54) is 7.11 Å². The summed E-state index contributed by atoms with van der Waals surface area (Å²) in [5, 5.41) is 11.3. The lowest BCUT2D eigenvalue weighted by Gasteiger charge is -2.37. The highest BCUT2D eigenvalue weighted by Crippen LogP contribution is 2.23. The molecule has 1 amide bonds. The molecule has 1 atom stereocenters. The van der Waals surface area contributed by atoms with Crippen molar-refractivity contribution in [3.05, 3.63) is 29.8 Å². The number of benzene rings is 1. The molecule has 0 saturated carbocycles.